The van der Waals surface area contributed by atoms with Crippen LogP contribution < -0.4 is 9.47 Å². The van der Waals surface area contributed by atoms with Crippen LogP contribution >= 0.6 is 0 Å². The second kappa shape index (κ2) is 8.53. The largest absolute Gasteiger partial charge is 0.426 e. The average molecular weight is 286 g/mol. The van der Waals surface area contributed by atoms with Gasteiger partial charge in [0.25, 0.3) is 0 Å². The van der Waals surface area contributed by atoms with E-state index in [-0.39, 0.29) is 11.3 Å². The summed E-state index contributed by atoms with van der Waals surface area (Å²) in [6.07, 6.45) is 0. The molecule has 0 aliphatic carbocycles. The summed E-state index contributed by atoms with van der Waals surface area (Å²) in [5, 5.41) is 0. The third-order valence-corrected chi connectivity index (χ3v) is 2.31. The van der Waals surface area contributed by atoms with Crippen molar-refractivity contribution in [3.05, 3.63) is 60.2 Å². The van der Waals surface area contributed by atoms with Crippen molar-refractivity contribution in [2.45, 2.75) is 20.8 Å². The Balaban J connectivity index is 0.00000106. The molecular formula is C17H18O4. The molecule has 0 fully saturated rings. The number of ether oxygens (including phenoxy) is 2. The van der Waals surface area contributed by atoms with Crippen molar-refractivity contribution < 1.29 is 19.1 Å². The fourth-order valence-corrected chi connectivity index (χ4v) is 1.53. The summed E-state index contributed by atoms with van der Waals surface area (Å²) in [5.41, 5.74) is 0.210. The number of rotatable bonds is 3. The number of carbonyl (C=O) groups excluding carboxylic acids is 2. The van der Waals surface area contributed by atoms with Gasteiger partial charge in [-0.3, -0.25) is 4.79 Å². The molecule has 2 rings (SSSR count). The topological polar surface area (TPSA) is 52.6 Å². The van der Waals surface area contributed by atoms with Gasteiger partial charge < -0.3 is 9.47 Å². The normalized spacial score (nSPS) is 9.10. The van der Waals surface area contributed by atoms with Gasteiger partial charge in [0.2, 0.25) is 0 Å². The van der Waals surface area contributed by atoms with E-state index in [0.717, 1.165) is 0 Å². The summed E-state index contributed by atoms with van der Waals surface area (Å²) in [4.78, 5) is 23.0. The van der Waals surface area contributed by atoms with Crippen molar-refractivity contribution in [2.24, 2.45) is 0 Å². The summed E-state index contributed by atoms with van der Waals surface area (Å²) in [7, 11) is 0. The number of carbonyl (C=O) groups is 2. The van der Waals surface area contributed by atoms with Gasteiger partial charge in [-0.1, -0.05) is 44.2 Å². The first-order chi connectivity index (χ1) is 10.2. The molecular weight excluding hydrogens is 268 g/mol. The molecule has 0 aliphatic heterocycles. The zero-order valence-electron chi connectivity index (χ0n) is 12.3. The highest BCUT2D eigenvalue weighted by Gasteiger charge is 2.15. The van der Waals surface area contributed by atoms with E-state index in [1.165, 1.54) is 6.92 Å². The number of hydrogen-bond acceptors (Lipinski definition) is 4. The summed E-state index contributed by atoms with van der Waals surface area (Å²) in [6.45, 7) is 5.28. The molecule has 0 aromatic heterocycles. The third-order valence-electron chi connectivity index (χ3n) is 2.31. The molecule has 4 heteroatoms. The Kier molecular flexibility index (Phi) is 6.68. The van der Waals surface area contributed by atoms with E-state index in [1.807, 2.05) is 19.9 Å². The molecule has 21 heavy (non-hydrogen) atoms. The lowest BCUT2D eigenvalue weighted by Gasteiger charge is -2.08. The first-order valence-corrected chi connectivity index (χ1v) is 6.71. The fraction of sp³-hybridized carbons (Fsp3) is 0.176. The minimum absolute atomic E-state index is 0.191. The summed E-state index contributed by atoms with van der Waals surface area (Å²) in [6, 6.07) is 15.1. The molecule has 0 spiro atoms. The van der Waals surface area contributed by atoms with E-state index in [4.69, 9.17) is 9.47 Å². The molecule has 0 bridgehead atoms. The average Bonchev–Trinajstić information content (AvgIpc) is 2.50. The van der Waals surface area contributed by atoms with Crippen LogP contribution in [0.5, 0.6) is 11.5 Å². The maximum atomic E-state index is 12.0. The molecule has 0 aliphatic rings. The summed E-state index contributed by atoms with van der Waals surface area (Å²) >= 11 is 0. The van der Waals surface area contributed by atoms with Crippen molar-refractivity contribution in [3.8, 4) is 11.5 Å². The van der Waals surface area contributed by atoms with Crippen molar-refractivity contribution in [1.82, 2.24) is 0 Å². The Morgan fingerprint density at radius 3 is 2.00 bits per heavy atom. The van der Waals surface area contributed by atoms with Crippen LogP contribution in [0.1, 0.15) is 31.1 Å². The van der Waals surface area contributed by atoms with Crippen molar-refractivity contribution >= 4 is 11.9 Å². The molecule has 0 unspecified atom stereocenters. The molecule has 0 amide bonds. The predicted molar refractivity (Wildman–Crippen MR) is 80.5 cm³/mol. The monoisotopic (exact) mass is 286 g/mol. The van der Waals surface area contributed by atoms with E-state index in [9.17, 15) is 9.59 Å². The Morgan fingerprint density at radius 2 is 1.38 bits per heavy atom. The smallest absolute Gasteiger partial charge is 0.347 e. The Bertz CT molecular complexity index is 591. The van der Waals surface area contributed by atoms with Gasteiger partial charge in [0.15, 0.2) is 0 Å². The number of benzene rings is 2. The number of para-hydroxylation sites is 2. The summed E-state index contributed by atoms with van der Waals surface area (Å²) in [5.74, 6) is -0.427. The molecule has 0 saturated heterocycles. The fourth-order valence-electron chi connectivity index (χ4n) is 1.53. The van der Waals surface area contributed by atoms with Crippen molar-refractivity contribution in [3.63, 3.8) is 0 Å². The lowest BCUT2D eigenvalue weighted by molar-refractivity contribution is -0.131. The second-order valence-corrected chi connectivity index (χ2v) is 3.79. The highest BCUT2D eigenvalue weighted by Crippen LogP contribution is 2.20. The van der Waals surface area contributed by atoms with E-state index >= 15 is 0 Å². The van der Waals surface area contributed by atoms with Crippen molar-refractivity contribution in [1.29, 1.82) is 0 Å². The second-order valence-electron chi connectivity index (χ2n) is 3.79. The summed E-state index contributed by atoms with van der Waals surface area (Å²) < 4.78 is 10.2. The van der Waals surface area contributed by atoms with Gasteiger partial charge in [-0.05, 0) is 24.3 Å². The van der Waals surface area contributed by atoms with E-state index < -0.39 is 11.9 Å². The van der Waals surface area contributed by atoms with Gasteiger partial charge in [0.05, 0.1) is 0 Å². The lowest BCUT2D eigenvalue weighted by atomic mass is 10.2. The number of esters is 2. The van der Waals surface area contributed by atoms with Crippen LogP contribution in [0.2, 0.25) is 0 Å². The molecule has 0 atom stereocenters. The van der Waals surface area contributed by atoms with Gasteiger partial charge >= 0.3 is 11.9 Å². The third kappa shape index (κ3) is 5.10. The molecule has 0 heterocycles. The van der Waals surface area contributed by atoms with Gasteiger partial charge in [-0.15, -0.1) is 0 Å². The molecule has 0 radical (unpaired) electrons. The minimum atomic E-state index is -0.567. The predicted octanol–water partition coefficient (Wildman–Crippen LogP) is 3.86. The van der Waals surface area contributed by atoms with Crippen LogP contribution in [0, 0.1) is 0 Å². The first-order valence-electron chi connectivity index (χ1n) is 6.71. The molecule has 2 aromatic rings. The van der Waals surface area contributed by atoms with Crippen molar-refractivity contribution in [2.75, 3.05) is 0 Å². The van der Waals surface area contributed by atoms with Gasteiger partial charge in [0.1, 0.15) is 17.1 Å². The quantitative estimate of drug-likeness (QED) is 0.635. The first kappa shape index (κ1) is 16.4. The highest BCUT2D eigenvalue weighted by molar-refractivity contribution is 5.94. The maximum absolute atomic E-state index is 12.0. The SMILES string of the molecule is CC.CC(=O)Oc1ccccc1C(=O)Oc1ccccc1. The molecule has 2 aromatic carbocycles. The van der Waals surface area contributed by atoms with Gasteiger partial charge in [0, 0.05) is 6.92 Å². The van der Waals surface area contributed by atoms with Crippen LogP contribution in [0.3, 0.4) is 0 Å². The molecule has 0 N–H and O–H groups in total. The van der Waals surface area contributed by atoms with E-state index in [1.54, 1.807) is 48.5 Å². The minimum Gasteiger partial charge on any atom is -0.426 e. The zero-order valence-corrected chi connectivity index (χ0v) is 12.3. The Hall–Kier alpha value is -2.62. The van der Waals surface area contributed by atoms with Crippen LogP contribution in [0.4, 0.5) is 0 Å². The Morgan fingerprint density at radius 1 is 0.810 bits per heavy atom. The molecule has 0 saturated carbocycles. The standard InChI is InChI=1S/C15H12O4.C2H6/c1-11(16)18-14-10-6-5-9-13(14)15(17)19-12-7-3-2-4-8-12;1-2/h2-10H,1H3;1-2H3. The van der Waals surface area contributed by atoms with Crippen LogP contribution in [0.15, 0.2) is 54.6 Å². The van der Waals surface area contributed by atoms with Gasteiger partial charge in [-0.25, -0.2) is 4.79 Å². The number of hydrogen-bond donors (Lipinski definition) is 0. The van der Waals surface area contributed by atoms with E-state index in [2.05, 4.69) is 0 Å². The maximum Gasteiger partial charge on any atom is 0.347 e. The van der Waals surface area contributed by atoms with Crippen LogP contribution in [0.25, 0.3) is 0 Å². The highest BCUT2D eigenvalue weighted by atomic mass is 16.5. The van der Waals surface area contributed by atoms with E-state index in [0.29, 0.717) is 5.75 Å². The Labute approximate surface area is 124 Å². The van der Waals surface area contributed by atoms with Crippen LogP contribution in [-0.2, 0) is 4.79 Å². The molecule has 4 nitrogen and oxygen atoms in total. The van der Waals surface area contributed by atoms with Crippen LogP contribution in [-0.4, -0.2) is 11.9 Å². The molecule has 110 valence electrons. The van der Waals surface area contributed by atoms with Gasteiger partial charge in [-0.2, -0.15) is 0 Å². The lowest BCUT2D eigenvalue weighted by Crippen LogP contribution is -2.12. The zero-order chi connectivity index (χ0) is 15.7.